The smallest absolute Gasteiger partial charge is 0.416 e. The van der Waals surface area contributed by atoms with Gasteiger partial charge in [0.05, 0.1) is 5.56 Å². The Balaban J connectivity index is 1.88. The number of rotatable bonds is 4. The molecule has 0 saturated heterocycles. The van der Waals surface area contributed by atoms with Crippen molar-refractivity contribution in [1.29, 1.82) is 0 Å². The van der Waals surface area contributed by atoms with Crippen molar-refractivity contribution in [1.82, 2.24) is 9.97 Å². The summed E-state index contributed by atoms with van der Waals surface area (Å²) in [5.41, 5.74) is 0.233. The van der Waals surface area contributed by atoms with E-state index in [0.717, 1.165) is 12.1 Å². The maximum atomic E-state index is 14.3. The van der Waals surface area contributed by atoms with Crippen LogP contribution in [0.4, 0.5) is 17.6 Å². The number of aromatic nitrogens is 2. The van der Waals surface area contributed by atoms with E-state index in [-0.39, 0.29) is 12.2 Å². The van der Waals surface area contributed by atoms with Crippen molar-refractivity contribution in [3.05, 3.63) is 77.6 Å². The zero-order valence-electron chi connectivity index (χ0n) is 13.7. The van der Waals surface area contributed by atoms with Gasteiger partial charge < -0.3 is 4.74 Å². The Kier molecular flexibility index (Phi) is 4.88. The van der Waals surface area contributed by atoms with Crippen LogP contribution in [0.3, 0.4) is 0 Å². The van der Waals surface area contributed by atoms with Crippen LogP contribution in [0, 0.1) is 12.7 Å². The third-order valence-electron chi connectivity index (χ3n) is 3.78. The van der Waals surface area contributed by atoms with Gasteiger partial charge in [-0.2, -0.15) is 13.2 Å². The molecule has 3 rings (SSSR count). The average molecular weight is 362 g/mol. The molecule has 0 amide bonds. The molecule has 0 bridgehead atoms. The quantitative estimate of drug-likeness (QED) is 0.599. The van der Waals surface area contributed by atoms with Crippen LogP contribution >= 0.6 is 0 Å². The predicted molar refractivity (Wildman–Crippen MR) is 87.9 cm³/mol. The molecule has 3 nitrogen and oxygen atoms in total. The van der Waals surface area contributed by atoms with Gasteiger partial charge in [-0.15, -0.1) is 0 Å². The molecule has 26 heavy (non-hydrogen) atoms. The zero-order valence-corrected chi connectivity index (χ0v) is 13.7. The number of hydrogen-bond acceptors (Lipinski definition) is 3. The topological polar surface area (TPSA) is 35.0 Å². The van der Waals surface area contributed by atoms with Crippen LogP contribution in [0.1, 0.15) is 17.0 Å². The minimum absolute atomic E-state index is 0.0805. The van der Waals surface area contributed by atoms with Gasteiger partial charge in [0.1, 0.15) is 18.2 Å². The molecule has 0 aliphatic carbocycles. The van der Waals surface area contributed by atoms with E-state index in [4.69, 9.17) is 4.74 Å². The SMILES string of the molecule is Cc1ccc(OCc2ncccn2)cc1-c1ccc(C(F)(F)F)cc1F. The van der Waals surface area contributed by atoms with Crippen LogP contribution in [-0.2, 0) is 12.8 Å². The summed E-state index contributed by atoms with van der Waals surface area (Å²) in [4.78, 5) is 8.07. The molecule has 0 spiro atoms. The first-order chi connectivity index (χ1) is 12.3. The highest BCUT2D eigenvalue weighted by molar-refractivity contribution is 5.69. The van der Waals surface area contributed by atoms with Crippen LogP contribution in [0.5, 0.6) is 5.75 Å². The molecule has 0 aliphatic rings. The van der Waals surface area contributed by atoms with Crippen molar-refractivity contribution in [3.63, 3.8) is 0 Å². The number of halogens is 4. The average Bonchev–Trinajstić information content (AvgIpc) is 2.61. The van der Waals surface area contributed by atoms with E-state index in [1.807, 2.05) is 0 Å². The maximum absolute atomic E-state index is 14.3. The monoisotopic (exact) mass is 362 g/mol. The Hall–Kier alpha value is -2.96. The molecule has 134 valence electrons. The van der Waals surface area contributed by atoms with Gasteiger partial charge >= 0.3 is 6.18 Å². The Morgan fingerprint density at radius 3 is 2.35 bits per heavy atom. The lowest BCUT2D eigenvalue weighted by Crippen LogP contribution is -2.05. The van der Waals surface area contributed by atoms with Gasteiger partial charge in [-0.1, -0.05) is 12.1 Å². The summed E-state index contributed by atoms with van der Waals surface area (Å²) in [7, 11) is 0. The highest BCUT2D eigenvalue weighted by atomic mass is 19.4. The molecule has 7 heteroatoms. The fourth-order valence-electron chi connectivity index (χ4n) is 2.44. The first kappa shape index (κ1) is 17.8. The summed E-state index contributed by atoms with van der Waals surface area (Å²) < 4.78 is 58.0. The van der Waals surface area contributed by atoms with Crippen molar-refractivity contribution in [2.45, 2.75) is 19.7 Å². The van der Waals surface area contributed by atoms with Crippen LogP contribution in [0.2, 0.25) is 0 Å². The molecule has 0 saturated carbocycles. The van der Waals surface area contributed by atoms with Crippen molar-refractivity contribution >= 4 is 0 Å². The van der Waals surface area contributed by atoms with E-state index < -0.39 is 17.6 Å². The summed E-state index contributed by atoms with van der Waals surface area (Å²) >= 11 is 0. The van der Waals surface area contributed by atoms with Crippen LogP contribution < -0.4 is 4.74 Å². The van der Waals surface area contributed by atoms with Crippen molar-refractivity contribution < 1.29 is 22.3 Å². The minimum atomic E-state index is -4.59. The molecule has 0 N–H and O–H groups in total. The Morgan fingerprint density at radius 1 is 0.962 bits per heavy atom. The second-order valence-corrected chi connectivity index (χ2v) is 5.62. The van der Waals surface area contributed by atoms with E-state index in [1.165, 1.54) is 0 Å². The molecule has 1 heterocycles. The predicted octanol–water partition coefficient (Wildman–Crippen LogP) is 5.19. The summed E-state index contributed by atoms with van der Waals surface area (Å²) in [6, 6.07) is 9.18. The molecule has 0 radical (unpaired) electrons. The molecule has 0 atom stereocenters. The number of benzene rings is 2. The van der Waals surface area contributed by atoms with Crippen molar-refractivity contribution in [3.8, 4) is 16.9 Å². The molecular weight excluding hydrogens is 348 g/mol. The highest BCUT2D eigenvalue weighted by Gasteiger charge is 2.31. The van der Waals surface area contributed by atoms with E-state index in [9.17, 15) is 17.6 Å². The molecule has 0 aliphatic heterocycles. The number of aryl methyl sites for hydroxylation is 1. The Labute approximate surface area is 147 Å². The van der Waals surface area contributed by atoms with E-state index in [1.54, 1.807) is 43.6 Å². The molecule has 0 fully saturated rings. The van der Waals surface area contributed by atoms with Crippen LogP contribution in [-0.4, -0.2) is 9.97 Å². The van der Waals surface area contributed by atoms with Gasteiger partial charge in [-0.25, -0.2) is 14.4 Å². The number of ether oxygens (including phenoxy) is 1. The molecular formula is C19H14F4N2O. The molecule has 1 aromatic heterocycles. The first-order valence-corrected chi connectivity index (χ1v) is 7.71. The second-order valence-electron chi connectivity index (χ2n) is 5.62. The fraction of sp³-hybridized carbons (Fsp3) is 0.158. The number of nitrogens with zero attached hydrogens (tertiary/aromatic N) is 2. The zero-order chi connectivity index (χ0) is 18.7. The molecule has 2 aromatic carbocycles. The summed E-state index contributed by atoms with van der Waals surface area (Å²) in [6.07, 6.45) is -1.41. The second kappa shape index (κ2) is 7.11. The van der Waals surface area contributed by atoms with Gasteiger partial charge in [0, 0.05) is 18.0 Å². The van der Waals surface area contributed by atoms with Crippen LogP contribution in [0.25, 0.3) is 11.1 Å². The lowest BCUT2D eigenvalue weighted by molar-refractivity contribution is -0.137. The normalized spacial score (nSPS) is 11.4. The van der Waals surface area contributed by atoms with Crippen molar-refractivity contribution in [2.75, 3.05) is 0 Å². The maximum Gasteiger partial charge on any atom is 0.416 e. The van der Waals surface area contributed by atoms with Gasteiger partial charge in [0.15, 0.2) is 5.82 Å². The molecule has 0 unspecified atom stereocenters. The summed E-state index contributed by atoms with van der Waals surface area (Å²) in [5.74, 6) is -0.0147. The highest BCUT2D eigenvalue weighted by Crippen LogP contribution is 2.35. The van der Waals surface area contributed by atoms with Gasteiger partial charge in [0.2, 0.25) is 0 Å². The van der Waals surface area contributed by atoms with E-state index >= 15 is 0 Å². The Morgan fingerprint density at radius 2 is 1.69 bits per heavy atom. The summed E-state index contributed by atoms with van der Waals surface area (Å²) in [5, 5.41) is 0. The van der Waals surface area contributed by atoms with Crippen LogP contribution in [0.15, 0.2) is 54.9 Å². The third kappa shape index (κ3) is 3.99. The summed E-state index contributed by atoms with van der Waals surface area (Å²) in [6.45, 7) is 1.87. The Bertz CT molecular complexity index is 911. The standard InChI is InChI=1S/C19H14F4N2O/c1-12-3-5-14(26-11-18-24-7-2-8-25-18)10-16(12)15-6-4-13(9-17(15)20)19(21,22)23/h2-10H,11H2,1H3. The lowest BCUT2D eigenvalue weighted by atomic mass is 9.98. The van der Waals surface area contributed by atoms with E-state index in [2.05, 4.69) is 9.97 Å². The minimum Gasteiger partial charge on any atom is -0.486 e. The van der Waals surface area contributed by atoms with Gasteiger partial charge in [-0.05, 0) is 48.4 Å². The molecule has 3 aromatic rings. The lowest BCUT2D eigenvalue weighted by Gasteiger charge is -2.13. The van der Waals surface area contributed by atoms with Gasteiger partial charge in [-0.3, -0.25) is 0 Å². The number of hydrogen-bond donors (Lipinski definition) is 0. The van der Waals surface area contributed by atoms with E-state index in [0.29, 0.717) is 28.8 Å². The first-order valence-electron chi connectivity index (χ1n) is 7.71. The largest absolute Gasteiger partial charge is 0.486 e. The number of alkyl halides is 3. The van der Waals surface area contributed by atoms with Gasteiger partial charge in [0.25, 0.3) is 0 Å². The fourth-order valence-corrected chi connectivity index (χ4v) is 2.44. The third-order valence-corrected chi connectivity index (χ3v) is 3.78. The van der Waals surface area contributed by atoms with Crippen molar-refractivity contribution in [2.24, 2.45) is 0 Å².